The maximum atomic E-state index is 6.04. The van der Waals surface area contributed by atoms with Crippen molar-refractivity contribution < 1.29 is 9.47 Å². The van der Waals surface area contributed by atoms with Gasteiger partial charge in [0.05, 0.1) is 18.9 Å². The summed E-state index contributed by atoms with van der Waals surface area (Å²) < 4.78 is 10.9. The van der Waals surface area contributed by atoms with Crippen molar-refractivity contribution in [2.45, 2.75) is 32.8 Å². The largest absolute Gasteiger partial charge is 0.497 e. The first-order valence-corrected chi connectivity index (χ1v) is 8.01. The van der Waals surface area contributed by atoms with Crippen LogP contribution in [-0.2, 0) is 6.42 Å². The predicted octanol–water partition coefficient (Wildman–Crippen LogP) is 4.11. The Labute approximate surface area is 138 Å². The smallest absolute Gasteiger partial charge is 0.142 e. The van der Waals surface area contributed by atoms with Crippen LogP contribution in [0, 0.1) is 0 Å². The van der Waals surface area contributed by atoms with Crippen molar-refractivity contribution in [2.24, 2.45) is 0 Å². The lowest BCUT2D eigenvalue weighted by atomic mass is 10.1. The van der Waals surface area contributed by atoms with Crippen molar-refractivity contribution >= 4 is 11.4 Å². The fourth-order valence-electron chi connectivity index (χ4n) is 2.37. The quantitative estimate of drug-likeness (QED) is 0.569. The summed E-state index contributed by atoms with van der Waals surface area (Å²) in [6.07, 6.45) is 2.14. The molecule has 23 heavy (non-hydrogen) atoms. The van der Waals surface area contributed by atoms with Gasteiger partial charge in [0.1, 0.15) is 11.5 Å². The molecule has 4 heteroatoms. The van der Waals surface area contributed by atoms with Crippen LogP contribution in [0.1, 0.15) is 25.8 Å². The lowest BCUT2D eigenvalue weighted by molar-refractivity contribution is 0.244. The molecule has 0 spiro atoms. The molecule has 3 N–H and O–H groups in total. The summed E-state index contributed by atoms with van der Waals surface area (Å²) >= 11 is 0. The molecule has 2 aromatic carbocycles. The molecule has 0 saturated carbocycles. The van der Waals surface area contributed by atoms with E-state index in [1.807, 2.05) is 50.2 Å². The Morgan fingerprint density at radius 1 is 1.13 bits per heavy atom. The van der Waals surface area contributed by atoms with Crippen LogP contribution < -0.4 is 20.5 Å². The standard InChI is InChI=1S/C19H26N2O2/c1-14(2)23-19-10-9-15(12-18(19)20)6-5-11-21-16-7-4-8-17(13-16)22-3/h4,7-10,12-14,21H,5-6,11,20H2,1-3H3. The highest BCUT2D eigenvalue weighted by Gasteiger charge is 2.04. The van der Waals surface area contributed by atoms with Gasteiger partial charge >= 0.3 is 0 Å². The Balaban J connectivity index is 1.81. The number of anilines is 2. The second-order valence-corrected chi connectivity index (χ2v) is 5.80. The maximum Gasteiger partial charge on any atom is 0.142 e. The Hall–Kier alpha value is -2.36. The van der Waals surface area contributed by atoms with Crippen LogP contribution in [0.15, 0.2) is 42.5 Å². The van der Waals surface area contributed by atoms with Gasteiger partial charge in [0.25, 0.3) is 0 Å². The minimum absolute atomic E-state index is 0.134. The number of nitrogens with two attached hydrogens (primary N) is 1. The van der Waals surface area contributed by atoms with E-state index in [9.17, 15) is 0 Å². The molecule has 0 heterocycles. The molecule has 0 saturated heterocycles. The van der Waals surface area contributed by atoms with Crippen LogP contribution >= 0.6 is 0 Å². The van der Waals surface area contributed by atoms with Gasteiger partial charge in [-0.25, -0.2) is 0 Å². The number of rotatable bonds is 8. The summed E-state index contributed by atoms with van der Waals surface area (Å²) in [7, 11) is 1.68. The summed E-state index contributed by atoms with van der Waals surface area (Å²) in [5.41, 5.74) is 9.05. The van der Waals surface area contributed by atoms with E-state index < -0.39 is 0 Å². The van der Waals surface area contributed by atoms with Gasteiger partial charge < -0.3 is 20.5 Å². The first-order chi connectivity index (χ1) is 11.1. The van der Waals surface area contributed by atoms with Crippen LogP contribution in [0.5, 0.6) is 11.5 Å². The summed E-state index contributed by atoms with van der Waals surface area (Å²) in [5.74, 6) is 1.63. The van der Waals surface area contributed by atoms with Crippen molar-refractivity contribution in [1.29, 1.82) is 0 Å². The average Bonchev–Trinajstić information content (AvgIpc) is 2.54. The van der Waals surface area contributed by atoms with E-state index in [-0.39, 0.29) is 6.10 Å². The number of benzene rings is 2. The van der Waals surface area contributed by atoms with E-state index >= 15 is 0 Å². The molecule has 0 bridgehead atoms. The van der Waals surface area contributed by atoms with Crippen molar-refractivity contribution in [3.63, 3.8) is 0 Å². The first-order valence-electron chi connectivity index (χ1n) is 8.01. The molecule has 0 aliphatic heterocycles. The molecule has 0 amide bonds. The zero-order valence-electron chi connectivity index (χ0n) is 14.1. The predicted molar refractivity (Wildman–Crippen MR) is 96.4 cm³/mol. The van der Waals surface area contributed by atoms with Crippen LogP contribution in [0.3, 0.4) is 0 Å². The third kappa shape index (κ3) is 5.40. The normalized spacial score (nSPS) is 10.6. The monoisotopic (exact) mass is 314 g/mol. The topological polar surface area (TPSA) is 56.5 Å². The van der Waals surface area contributed by atoms with E-state index in [0.717, 1.165) is 36.6 Å². The highest BCUT2D eigenvalue weighted by molar-refractivity contribution is 5.54. The van der Waals surface area contributed by atoms with Crippen molar-refractivity contribution in [2.75, 3.05) is 24.7 Å². The van der Waals surface area contributed by atoms with Gasteiger partial charge in [0, 0.05) is 18.3 Å². The molecule has 124 valence electrons. The first kappa shape index (κ1) is 17.0. The molecule has 0 atom stereocenters. The second kappa shape index (κ2) is 8.32. The lowest BCUT2D eigenvalue weighted by Crippen LogP contribution is -2.08. The molecule has 0 fully saturated rings. The maximum absolute atomic E-state index is 6.04. The molecular formula is C19H26N2O2. The van der Waals surface area contributed by atoms with Gasteiger partial charge in [-0.1, -0.05) is 12.1 Å². The number of nitrogen functional groups attached to an aromatic ring is 1. The zero-order chi connectivity index (χ0) is 16.7. The fraction of sp³-hybridized carbons (Fsp3) is 0.368. The average molecular weight is 314 g/mol. The van der Waals surface area contributed by atoms with Crippen LogP contribution in [0.2, 0.25) is 0 Å². The van der Waals surface area contributed by atoms with Crippen molar-refractivity contribution in [3.8, 4) is 11.5 Å². The van der Waals surface area contributed by atoms with E-state index in [4.69, 9.17) is 15.2 Å². The minimum Gasteiger partial charge on any atom is -0.497 e. The molecule has 2 aromatic rings. The zero-order valence-corrected chi connectivity index (χ0v) is 14.1. The summed E-state index contributed by atoms with van der Waals surface area (Å²) in [5, 5.41) is 3.41. The van der Waals surface area contributed by atoms with E-state index in [0.29, 0.717) is 5.69 Å². The Morgan fingerprint density at radius 2 is 1.96 bits per heavy atom. The molecule has 0 aliphatic rings. The molecule has 0 aliphatic carbocycles. The van der Waals surface area contributed by atoms with Gasteiger partial charge in [-0.2, -0.15) is 0 Å². The van der Waals surface area contributed by atoms with E-state index in [1.54, 1.807) is 7.11 Å². The number of ether oxygens (including phenoxy) is 2. The number of hydrogen-bond donors (Lipinski definition) is 2. The van der Waals surface area contributed by atoms with Crippen LogP contribution in [-0.4, -0.2) is 19.8 Å². The number of hydrogen-bond acceptors (Lipinski definition) is 4. The van der Waals surface area contributed by atoms with Crippen LogP contribution in [0.25, 0.3) is 0 Å². The van der Waals surface area contributed by atoms with Crippen molar-refractivity contribution in [1.82, 2.24) is 0 Å². The Morgan fingerprint density at radius 3 is 2.65 bits per heavy atom. The Kier molecular flexibility index (Phi) is 6.15. The third-order valence-corrected chi connectivity index (χ3v) is 3.48. The summed E-state index contributed by atoms with van der Waals surface area (Å²) in [6.45, 7) is 4.90. The SMILES string of the molecule is COc1cccc(NCCCc2ccc(OC(C)C)c(N)c2)c1. The van der Waals surface area contributed by atoms with Gasteiger partial charge in [0.15, 0.2) is 0 Å². The third-order valence-electron chi connectivity index (χ3n) is 3.48. The van der Waals surface area contributed by atoms with Gasteiger partial charge in [-0.05, 0) is 56.5 Å². The van der Waals surface area contributed by atoms with Gasteiger partial charge in [0.2, 0.25) is 0 Å². The second-order valence-electron chi connectivity index (χ2n) is 5.80. The van der Waals surface area contributed by atoms with E-state index in [2.05, 4.69) is 11.4 Å². The molecule has 4 nitrogen and oxygen atoms in total. The number of methoxy groups -OCH3 is 1. The molecule has 0 aromatic heterocycles. The summed E-state index contributed by atoms with van der Waals surface area (Å²) in [6, 6.07) is 14.0. The fourth-order valence-corrected chi connectivity index (χ4v) is 2.37. The molecule has 2 rings (SSSR count). The van der Waals surface area contributed by atoms with E-state index in [1.165, 1.54) is 5.56 Å². The number of nitrogens with one attached hydrogen (secondary N) is 1. The summed E-state index contributed by atoms with van der Waals surface area (Å²) in [4.78, 5) is 0. The highest BCUT2D eigenvalue weighted by Crippen LogP contribution is 2.24. The number of aryl methyl sites for hydroxylation is 1. The minimum atomic E-state index is 0.134. The Bertz CT molecular complexity index is 627. The van der Waals surface area contributed by atoms with Crippen LogP contribution in [0.4, 0.5) is 11.4 Å². The highest BCUT2D eigenvalue weighted by atomic mass is 16.5. The molecule has 0 radical (unpaired) electrons. The van der Waals surface area contributed by atoms with Gasteiger partial charge in [-0.3, -0.25) is 0 Å². The lowest BCUT2D eigenvalue weighted by Gasteiger charge is -2.13. The molecular weight excluding hydrogens is 288 g/mol. The van der Waals surface area contributed by atoms with Crippen molar-refractivity contribution in [3.05, 3.63) is 48.0 Å². The van der Waals surface area contributed by atoms with Gasteiger partial charge in [-0.15, -0.1) is 0 Å². The molecule has 0 unspecified atom stereocenters.